The lowest BCUT2D eigenvalue weighted by Gasteiger charge is -2.10. The predicted molar refractivity (Wildman–Crippen MR) is 101 cm³/mol. The number of non-ortho nitro benzene ring substituents is 1. The maximum Gasteiger partial charge on any atom is 0.269 e. The molecule has 0 spiro atoms. The normalized spacial score (nSPS) is 17.6. The molecule has 3 aromatic rings. The Morgan fingerprint density at radius 3 is 2.54 bits per heavy atom. The van der Waals surface area contributed by atoms with Gasteiger partial charge in [0, 0.05) is 29.7 Å². The van der Waals surface area contributed by atoms with Crippen LogP contribution in [0, 0.1) is 10.1 Å². The molecule has 0 radical (unpaired) electrons. The van der Waals surface area contributed by atoms with E-state index < -0.39 is 4.92 Å². The summed E-state index contributed by atoms with van der Waals surface area (Å²) in [4.78, 5) is 10.3. The van der Waals surface area contributed by atoms with Crippen molar-refractivity contribution in [3.8, 4) is 11.5 Å². The van der Waals surface area contributed by atoms with Crippen LogP contribution < -0.4 is 0 Å². The molecule has 2 heterocycles. The fraction of sp³-hybridized carbons (Fsp3) is 0.444. The minimum absolute atomic E-state index is 0.0262. The van der Waals surface area contributed by atoms with Crippen molar-refractivity contribution in [1.29, 1.82) is 0 Å². The number of nitro groups is 1. The fourth-order valence-corrected chi connectivity index (χ4v) is 4.07. The van der Waals surface area contributed by atoms with Crippen LogP contribution in [0.1, 0.15) is 61.5 Å². The molecule has 28 heavy (non-hydrogen) atoms. The molecule has 1 atom stereocenters. The molecule has 2 aliphatic rings. The Bertz CT molecular complexity index is 1020. The highest BCUT2D eigenvalue weighted by atomic mass is 32.2. The topological polar surface area (TPSA) is 113 Å². The second kappa shape index (κ2) is 6.69. The molecule has 5 rings (SSSR count). The molecule has 10 heteroatoms. The van der Waals surface area contributed by atoms with Gasteiger partial charge in [0.15, 0.2) is 5.16 Å². The molecule has 0 unspecified atom stereocenters. The highest BCUT2D eigenvalue weighted by Gasteiger charge is 2.37. The van der Waals surface area contributed by atoms with E-state index in [2.05, 4.69) is 25.0 Å². The summed E-state index contributed by atoms with van der Waals surface area (Å²) in [6.45, 7) is 2.00. The van der Waals surface area contributed by atoms with Gasteiger partial charge in [0.1, 0.15) is 5.82 Å². The van der Waals surface area contributed by atoms with Gasteiger partial charge in [-0.25, -0.2) is 0 Å². The van der Waals surface area contributed by atoms with Crippen LogP contribution >= 0.6 is 11.8 Å². The summed E-state index contributed by atoms with van der Waals surface area (Å²) in [6.07, 6.45) is 4.77. The SMILES string of the molecule is C[C@@H](Sc1nnc(C2CC2)n1C1CC1)c1nnc(-c2ccc([N+](=O)[O-])cc2)o1. The van der Waals surface area contributed by atoms with Crippen LogP contribution in [0.5, 0.6) is 0 Å². The average Bonchev–Trinajstić information content (AvgIpc) is 3.63. The number of benzene rings is 1. The number of hydrogen-bond acceptors (Lipinski definition) is 8. The number of rotatable bonds is 7. The molecule has 2 fully saturated rings. The van der Waals surface area contributed by atoms with Gasteiger partial charge in [-0.05, 0) is 44.7 Å². The molecule has 0 amide bonds. The number of hydrogen-bond donors (Lipinski definition) is 0. The molecule has 2 aliphatic carbocycles. The van der Waals surface area contributed by atoms with Crippen LogP contribution in [0.3, 0.4) is 0 Å². The van der Waals surface area contributed by atoms with Crippen molar-refractivity contribution in [2.45, 2.75) is 55.0 Å². The third kappa shape index (κ3) is 3.28. The Balaban J connectivity index is 1.34. The predicted octanol–water partition coefficient (Wildman–Crippen LogP) is 4.30. The van der Waals surface area contributed by atoms with Gasteiger partial charge in [0.05, 0.1) is 10.2 Å². The highest BCUT2D eigenvalue weighted by Crippen LogP contribution is 2.47. The molecule has 0 saturated heterocycles. The molecule has 0 bridgehead atoms. The summed E-state index contributed by atoms with van der Waals surface area (Å²) in [5.41, 5.74) is 0.678. The van der Waals surface area contributed by atoms with E-state index in [0.717, 1.165) is 11.0 Å². The quantitative estimate of drug-likeness (QED) is 0.329. The van der Waals surface area contributed by atoms with Crippen molar-refractivity contribution in [2.24, 2.45) is 0 Å². The van der Waals surface area contributed by atoms with E-state index in [-0.39, 0.29) is 10.9 Å². The van der Waals surface area contributed by atoms with Crippen LogP contribution in [0.2, 0.25) is 0 Å². The standard InChI is InChI=1S/C18H18N6O3S/c1-10(28-18-22-19-15(11-2-3-11)23(18)13-8-9-13)16-20-21-17(27-16)12-4-6-14(7-5-12)24(25)26/h4-7,10-11,13H,2-3,8-9H2,1H3/t10-/m1/s1. The van der Waals surface area contributed by atoms with Crippen molar-refractivity contribution in [2.75, 3.05) is 0 Å². The summed E-state index contributed by atoms with van der Waals surface area (Å²) in [5, 5.41) is 28.7. The van der Waals surface area contributed by atoms with E-state index in [0.29, 0.717) is 29.3 Å². The Morgan fingerprint density at radius 2 is 1.89 bits per heavy atom. The first-order valence-electron chi connectivity index (χ1n) is 9.30. The number of thioether (sulfide) groups is 1. The summed E-state index contributed by atoms with van der Waals surface area (Å²) < 4.78 is 8.11. The summed E-state index contributed by atoms with van der Waals surface area (Å²) >= 11 is 1.58. The van der Waals surface area contributed by atoms with Crippen LogP contribution in [0.15, 0.2) is 33.8 Å². The van der Waals surface area contributed by atoms with Crippen molar-refractivity contribution in [1.82, 2.24) is 25.0 Å². The van der Waals surface area contributed by atoms with Crippen LogP contribution in [-0.4, -0.2) is 29.9 Å². The van der Waals surface area contributed by atoms with Crippen molar-refractivity contribution in [3.63, 3.8) is 0 Å². The molecule has 9 nitrogen and oxygen atoms in total. The van der Waals surface area contributed by atoms with Crippen LogP contribution in [0.25, 0.3) is 11.5 Å². The zero-order valence-electron chi connectivity index (χ0n) is 15.2. The van der Waals surface area contributed by atoms with Gasteiger partial charge in [-0.1, -0.05) is 11.8 Å². The zero-order valence-corrected chi connectivity index (χ0v) is 16.0. The minimum Gasteiger partial charge on any atom is -0.419 e. The number of nitrogens with zero attached hydrogens (tertiary/aromatic N) is 6. The van der Waals surface area contributed by atoms with E-state index in [1.54, 1.807) is 23.9 Å². The first-order valence-corrected chi connectivity index (χ1v) is 10.2. The first kappa shape index (κ1) is 17.4. The maximum atomic E-state index is 10.8. The van der Waals surface area contributed by atoms with Crippen molar-refractivity contribution >= 4 is 17.4 Å². The summed E-state index contributed by atoms with van der Waals surface area (Å²) in [5.74, 6) is 2.53. The zero-order chi connectivity index (χ0) is 19.3. The van der Waals surface area contributed by atoms with Crippen LogP contribution in [0.4, 0.5) is 5.69 Å². The van der Waals surface area contributed by atoms with Crippen molar-refractivity contribution in [3.05, 3.63) is 46.1 Å². The van der Waals surface area contributed by atoms with Crippen molar-refractivity contribution < 1.29 is 9.34 Å². The smallest absolute Gasteiger partial charge is 0.269 e. The van der Waals surface area contributed by atoms with Crippen LogP contribution in [-0.2, 0) is 0 Å². The van der Waals surface area contributed by atoms with Gasteiger partial charge in [-0.2, -0.15) is 0 Å². The Hall–Kier alpha value is -2.75. The summed E-state index contributed by atoms with van der Waals surface area (Å²) in [7, 11) is 0. The summed E-state index contributed by atoms with van der Waals surface area (Å²) in [6, 6.07) is 6.60. The Labute approximate surface area is 164 Å². The van der Waals surface area contributed by atoms with Gasteiger partial charge in [0.25, 0.3) is 5.69 Å². The van der Waals surface area contributed by atoms with E-state index in [1.165, 1.54) is 37.8 Å². The van der Waals surface area contributed by atoms with Gasteiger partial charge in [0.2, 0.25) is 11.8 Å². The average molecular weight is 398 g/mol. The molecule has 0 N–H and O–H groups in total. The highest BCUT2D eigenvalue weighted by molar-refractivity contribution is 7.99. The molecule has 0 aliphatic heterocycles. The molecule has 2 aromatic heterocycles. The minimum atomic E-state index is -0.437. The van der Waals surface area contributed by atoms with Gasteiger partial charge in [-0.15, -0.1) is 20.4 Å². The van der Waals surface area contributed by atoms with E-state index >= 15 is 0 Å². The lowest BCUT2D eigenvalue weighted by Crippen LogP contribution is -2.02. The van der Waals surface area contributed by atoms with Gasteiger partial charge in [-0.3, -0.25) is 10.1 Å². The van der Waals surface area contributed by atoms with Gasteiger partial charge < -0.3 is 8.98 Å². The monoisotopic (exact) mass is 398 g/mol. The largest absolute Gasteiger partial charge is 0.419 e. The first-order chi connectivity index (χ1) is 13.6. The Kier molecular flexibility index (Phi) is 4.15. The third-order valence-electron chi connectivity index (χ3n) is 4.94. The molecule has 2 saturated carbocycles. The van der Waals surface area contributed by atoms with Gasteiger partial charge >= 0.3 is 0 Å². The molecular formula is C18H18N6O3S. The number of nitro benzene ring substituents is 1. The fourth-order valence-electron chi connectivity index (χ4n) is 3.11. The second-order valence-corrected chi connectivity index (χ2v) is 8.53. The molecular weight excluding hydrogens is 380 g/mol. The Morgan fingerprint density at radius 1 is 1.14 bits per heavy atom. The second-order valence-electron chi connectivity index (χ2n) is 7.23. The third-order valence-corrected chi connectivity index (χ3v) is 5.99. The lowest BCUT2D eigenvalue weighted by molar-refractivity contribution is -0.384. The molecule has 1 aromatic carbocycles. The maximum absolute atomic E-state index is 10.8. The van der Waals surface area contributed by atoms with E-state index in [4.69, 9.17) is 4.42 Å². The number of aromatic nitrogens is 5. The molecule has 144 valence electrons. The van der Waals surface area contributed by atoms with E-state index in [9.17, 15) is 10.1 Å². The lowest BCUT2D eigenvalue weighted by atomic mass is 10.2. The van der Waals surface area contributed by atoms with E-state index in [1.807, 2.05) is 6.92 Å².